The van der Waals surface area contributed by atoms with E-state index in [1.807, 2.05) is 24.4 Å². The number of carbonyl (C=O) groups excluding carboxylic acids is 1. The fraction of sp³-hybridized carbons (Fsp3) is 0.714. The van der Waals surface area contributed by atoms with Crippen LogP contribution in [0.4, 0.5) is 0 Å². The number of carbonyl (C=O) groups is 1. The van der Waals surface area contributed by atoms with Crippen LogP contribution < -0.4 is 0 Å². The summed E-state index contributed by atoms with van der Waals surface area (Å²) in [6.07, 6.45) is 6.60. The van der Waals surface area contributed by atoms with Gasteiger partial charge in [-0.2, -0.15) is 0 Å². The second-order valence-electron chi connectivity index (χ2n) is 5.85. The monoisotopic (exact) mass is 295 g/mol. The number of rotatable bonds is 3. The SMILES string of the molecule is CSc1ncc(CN2CC3(CCOC3)CCC2=O)n1C. The van der Waals surface area contributed by atoms with Gasteiger partial charge in [0, 0.05) is 32.0 Å². The lowest BCUT2D eigenvalue weighted by atomic mass is 9.79. The number of likely N-dealkylation sites (tertiary alicyclic amines) is 1. The number of piperidine rings is 1. The van der Waals surface area contributed by atoms with Crippen LogP contribution in [-0.2, 0) is 23.1 Å². The maximum atomic E-state index is 12.2. The Morgan fingerprint density at radius 3 is 3.00 bits per heavy atom. The number of imidazole rings is 1. The molecule has 2 saturated heterocycles. The van der Waals surface area contributed by atoms with E-state index in [0.717, 1.165) is 43.5 Å². The highest BCUT2D eigenvalue weighted by molar-refractivity contribution is 7.98. The van der Waals surface area contributed by atoms with Gasteiger partial charge in [-0.15, -0.1) is 0 Å². The second-order valence-corrected chi connectivity index (χ2v) is 6.62. The third-order valence-corrected chi connectivity index (χ3v) is 5.25. The van der Waals surface area contributed by atoms with E-state index < -0.39 is 0 Å². The molecule has 0 radical (unpaired) electrons. The summed E-state index contributed by atoms with van der Waals surface area (Å²) in [5.74, 6) is 0.259. The lowest BCUT2D eigenvalue weighted by Crippen LogP contribution is -2.46. The summed E-state index contributed by atoms with van der Waals surface area (Å²) in [7, 11) is 2.01. The highest BCUT2D eigenvalue weighted by Crippen LogP contribution is 2.38. The summed E-state index contributed by atoms with van der Waals surface area (Å²) in [5.41, 5.74) is 1.30. The Morgan fingerprint density at radius 2 is 2.35 bits per heavy atom. The molecule has 2 aliphatic rings. The highest BCUT2D eigenvalue weighted by atomic mass is 32.2. The van der Waals surface area contributed by atoms with Crippen molar-refractivity contribution in [3.63, 3.8) is 0 Å². The number of thioether (sulfide) groups is 1. The van der Waals surface area contributed by atoms with Gasteiger partial charge in [-0.3, -0.25) is 4.79 Å². The van der Waals surface area contributed by atoms with Gasteiger partial charge in [0.15, 0.2) is 5.16 Å². The molecule has 20 heavy (non-hydrogen) atoms. The number of aromatic nitrogens is 2. The van der Waals surface area contributed by atoms with Gasteiger partial charge in [-0.25, -0.2) is 4.98 Å². The van der Waals surface area contributed by atoms with E-state index in [1.165, 1.54) is 0 Å². The minimum absolute atomic E-state index is 0.203. The maximum Gasteiger partial charge on any atom is 0.222 e. The van der Waals surface area contributed by atoms with E-state index in [4.69, 9.17) is 4.74 Å². The summed E-state index contributed by atoms with van der Waals surface area (Å²) in [6, 6.07) is 0. The second kappa shape index (κ2) is 5.41. The van der Waals surface area contributed by atoms with Crippen LogP contribution in [0.15, 0.2) is 11.4 Å². The van der Waals surface area contributed by atoms with Crippen LogP contribution in [-0.4, -0.2) is 46.4 Å². The highest BCUT2D eigenvalue weighted by Gasteiger charge is 2.41. The van der Waals surface area contributed by atoms with Gasteiger partial charge in [0.05, 0.1) is 25.0 Å². The van der Waals surface area contributed by atoms with Gasteiger partial charge >= 0.3 is 0 Å². The van der Waals surface area contributed by atoms with Crippen LogP contribution in [0, 0.1) is 5.41 Å². The normalized spacial score (nSPS) is 26.7. The van der Waals surface area contributed by atoms with Crippen molar-refractivity contribution < 1.29 is 9.53 Å². The molecule has 0 N–H and O–H groups in total. The zero-order valence-corrected chi connectivity index (χ0v) is 12.9. The molecule has 110 valence electrons. The first kappa shape index (κ1) is 13.9. The van der Waals surface area contributed by atoms with Crippen molar-refractivity contribution in [1.82, 2.24) is 14.5 Å². The van der Waals surface area contributed by atoms with Gasteiger partial charge in [0.1, 0.15) is 0 Å². The van der Waals surface area contributed by atoms with Gasteiger partial charge in [0.25, 0.3) is 0 Å². The van der Waals surface area contributed by atoms with Crippen molar-refractivity contribution in [1.29, 1.82) is 0 Å². The van der Waals surface area contributed by atoms with E-state index >= 15 is 0 Å². The molecule has 5 nitrogen and oxygen atoms in total. The predicted molar refractivity (Wildman–Crippen MR) is 77.5 cm³/mol. The zero-order chi connectivity index (χ0) is 14.2. The molecule has 2 fully saturated rings. The number of hydrogen-bond donors (Lipinski definition) is 0. The summed E-state index contributed by atoms with van der Waals surface area (Å²) in [4.78, 5) is 18.5. The molecule has 1 amide bonds. The molecule has 6 heteroatoms. The van der Waals surface area contributed by atoms with Crippen LogP contribution in [0.2, 0.25) is 0 Å². The lowest BCUT2D eigenvalue weighted by molar-refractivity contribution is -0.138. The number of amides is 1. The summed E-state index contributed by atoms with van der Waals surface area (Å²) < 4.78 is 7.63. The first-order valence-corrected chi connectivity index (χ1v) is 8.26. The van der Waals surface area contributed by atoms with Crippen molar-refractivity contribution >= 4 is 17.7 Å². The van der Waals surface area contributed by atoms with E-state index in [9.17, 15) is 4.79 Å². The van der Waals surface area contributed by atoms with Crippen molar-refractivity contribution in [3.8, 4) is 0 Å². The average molecular weight is 295 g/mol. The molecule has 0 aromatic carbocycles. The predicted octanol–water partition coefficient (Wildman–Crippen LogP) is 1.67. The summed E-state index contributed by atoms with van der Waals surface area (Å²) >= 11 is 1.63. The Hall–Kier alpha value is -1.01. The van der Waals surface area contributed by atoms with E-state index in [-0.39, 0.29) is 11.3 Å². The van der Waals surface area contributed by atoms with E-state index in [0.29, 0.717) is 13.0 Å². The van der Waals surface area contributed by atoms with Gasteiger partial charge < -0.3 is 14.2 Å². The van der Waals surface area contributed by atoms with Crippen molar-refractivity contribution in [2.24, 2.45) is 12.5 Å². The quantitative estimate of drug-likeness (QED) is 0.796. The van der Waals surface area contributed by atoms with E-state index in [2.05, 4.69) is 9.55 Å². The lowest BCUT2D eigenvalue weighted by Gasteiger charge is -2.39. The standard InChI is InChI=1S/C14H21N3O2S/c1-16-11(7-15-13(16)20-2)8-17-9-14(4-3-12(17)18)5-6-19-10-14/h7H,3-6,8-10H2,1-2H3. The first-order chi connectivity index (χ1) is 9.63. The zero-order valence-electron chi connectivity index (χ0n) is 12.1. The Kier molecular flexibility index (Phi) is 3.77. The molecule has 3 rings (SSSR count). The summed E-state index contributed by atoms with van der Waals surface area (Å²) in [6.45, 7) is 3.12. The van der Waals surface area contributed by atoms with E-state index in [1.54, 1.807) is 11.8 Å². The molecule has 1 spiro atoms. The van der Waals surface area contributed by atoms with Crippen molar-refractivity contribution in [3.05, 3.63) is 11.9 Å². The third-order valence-electron chi connectivity index (χ3n) is 4.51. The molecule has 3 heterocycles. The smallest absolute Gasteiger partial charge is 0.222 e. The topological polar surface area (TPSA) is 47.4 Å². The van der Waals surface area contributed by atoms with Crippen LogP contribution in [0.25, 0.3) is 0 Å². The van der Waals surface area contributed by atoms with Crippen LogP contribution in [0.5, 0.6) is 0 Å². The third kappa shape index (κ3) is 2.46. The number of nitrogens with zero attached hydrogens (tertiary/aromatic N) is 3. The molecule has 1 atom stereocenters. The molecule has 0 bridgehead atoms. The Bertz CT molecular complexity index is 509. The Balaban J connectivity index is 1.74. The molecular weight excluding hydrogens is 274 g/mol. The molecule has 0 aliphatic carbocycles. The molecule has 0 saturated carbocycles. The fourth-order valence-corrected chi connectivity index (χ4v) is 3.72. The molecule has 1 aromatic rings. The molecule has 1 aromatic heterocycles. The van der Waals surface area contributed by atoms with Crippen molar-refractivity contribution in [2.45, 2.75) is 31.0 Å². The molecule has 1 unspecified atom stereocenters. The maximum absolute atomic E-state index is 12.2. The number of ether oxygens (including phenoxy) is 1. The van der Waals surface area contributed by atoms with Crippen LogP contribution >= 0.6 is 11.8 Å². The van der Waals surface area contributed by atoms with Gasteiger partial charge in [0.2, 0.25) is 5.91 Å². The first-order valence-electron chi connectivity index (χ1n) is 7.04. The minimum Gasteiger partial charge on any atom is -0.381 e. The molecular formula is C14H21N3O2S. The average Bonchev–Trinajstić information content (AvgIpc) is 3.03. The van der Waals surface area contributed by atoms with Crippen LogP contribution in [0.1, 0.15) is 25.0 Å². The number of hydrogen-bond acceptors (Lipinski definition) is 4. The Morgan fingerprint density at radius 1 is 1.50 bits per heavy atom. The Labute approximate surface area is 123 Å². The van der Waals surface area contributed by atoms with Gasteiger partial charge in [-0.1, -0.05) is 11.8 Å². The fourth-order valence-electron chi connectivity index (χ4n) is 3.18. The van der Waals surface area contributed by atoms with Gasteiger partial charge in [-0.05, 0) is 19.1 Å². The van der Waals surface area contributed by atoms with Crippen LogP contribution in [0.3, 0.4) is 0 Å². The largest absolute Gasteiger partial charge is 0.381 e. The minimum atomic E-state index is 0.203. The van der Waals surface area contributed by atoms with Crippen molar-refractivity contribution in [2.75, 3.05) is 26.0 Å². The summed E-state index contributed by atoms with van der Waals surface area (Å²) in [5, 5.41) is 0.989. The molecule has 2 aliphatic heterocycles.